The number of rotatable bonds is 6. The first-order chi connectivity index (χ1) is 8.04. The number of aryl methyl sites for hydroxylation is 1. The molecule has 0 radical (unpaired) electrons. The van der Waals surface area contributed by atoms with Crippen molar-refractivity contribution < 1.29 is 0 Å². The Bertz CT molecular complexity index is 333. The Morgan fingerprint density at radius 2 is 1.88 bits per heavy atom. The molecule has 0 aliphatic carbocycles. The van der Waals surface area contributed by atoms with E-state index < -0.39 is 0 Å². The van der Waals surface area contributed by atoms with Crippen molar-refractivity contribution in [3.8, 4) is 0 Å². The first-order valence-corrected chi connectivity index (χ1v) is 6.45. The van der Waals surface area contributed by atoms with E-state index in [0.29, 0.717) is 12.0 Å². The minimum atomic E-state index is 0.559. The van der Waals surface area contributed by atoms with Crippen LogP contribution in [0.25, 0.3) is 0 Å². The third kappa shape index (κ3) is 4.49. The van der Waals surface area contributed by atoms with E-state index >= 15 is 0 Å². The van der Waals surface area contributed by atoms with Crippen molar-refractivity contribution in [2.75, 3.05) is 20.6 Å². The first kappa shape index (κ1) is 14.2. The van der Waals surface area contributed by atoms with Gasteiger partial charge < -0.3 is 10.2 Å². The van der Waals surface area contributed by atoms with Gasteiger partial charge in [-0.25, -0.2) is 0 Å². The molecule has 2 nitrogen and oxygen atoms in total. The second-order valence-corrected chi connectivity index (χ2v) is 5.26. The first-order valence-electron chi connectivity index (χ1n) is 6.45. The van der Waals surface area contributed by atoms with Crippen molar-refractivity contribution in [3.63, 3.8) is 0 Å². The van der Waals surface area contributed by atoms with Gasteiger partial charge in [-0.05, 0) is 38.1 Å². The minimum absolute atomic E-state index is 0.559. The summed E-state index contributed by atoms with van der Waals surface area (Å²) in [6, 6.07) is 9.18. The Morgan fingerprint density at radius 3 is 2.41 bits per heavy atom. The third-order valence-electron chi connectivity index (χ3n) is 3.39. The Balaban J connectivity index is 2.55. The van der Waals surface area contributed by atoms with Gasteiger partial charge in [0, 0.05) is 19.1 Å². The normalized spacial score (nSPS) is 13.4. The molecule has 17 heavy (non-hydrogen) atoms. The summed E-state index contributed by atoms with van der Waals surface area (Å²) in [4.78, 5) is 2.39. The van der Waals surface area contributed by atoms with Gasteiger partial charge in [0.2, 0.25) is 0 Å². The topological polar surface area (TPSA) is 15.3 Å². The predicted octanol–water partition coefficient (Wildman–Crippen LogP) is 2.67. The van der Waals surface area contributed by atoms with Gasteiger partial charge in [-0.3, -0.25) is 0 Å². The number of likely N-dealkylation sites (N-methyl/N-ethyl adjacent to an activating group) is 2. The quantitative estimate of drug-likeness (QED) is 0.814. The Hall–Kier alpha value is -0.860. The molecule has 0 saturated heterocycles. The second-order valence-electron chi connectivity index (χ2n) is 5.26. The smallest absolute Gasteiger partial charge is 0.0233 e. The van der Waals surface area contributed by atoms with Crippen LogP contribution in [0.4, 0.5) is 0 Å². The maximum Gasteiger partial charge on any atom is 0.0233 e. The fourth-order valence-electron chi connectivity index (χ4n) is 2.11. The van der Waals surface area contributed by atoms with Gasteiger partial charge in [0.05, 0.1) is 0 Å². The van der Waals surface area contributed by atoms with Crippen LogP contribution in [0.1, 0.15) is 25.0 Å². The SMILES string of the molecule is CNC(CN(C)Cc1ccccc1C)C(C)C. The summed E-state index contributed by atoms with van der Waals surface area (Å²) in [5, 5.41) is 3.39. The van der Waals surface area contributed by atoms with Crippen LogP contribution < -0.4 is 5.32 Å². The lowest BCUT2D eigenvalue weighted by Gasteiger charge is -2.27. The maximum absolute atomic E-state index is 3.39. The van der Waals surface area contributed by atoms with E-state index in [-0.39, 0.29) is 0 Å². The zero-order chi connectivity index (χ0) is 12.8. The Morgan fingerprint density at radius 1 is 1.24 bits per heavy atom. The molecule has 96 valence electrons. The van der Waals surface area contributed by atoms with Crippen LogP contribution in [0.3, 0.4) is 0 Å². The molecule has 0 heterocycles. The molecule has 0 aliphatic rings. The second kappa shape index (κ2) is 6.77. The van der Waals surface area contributed by atoms with Gasteiger partial charge in [-0.1, -0.05) is 38.1 Å². The van der Waals surface area contributed by atoms with E-state index in [1.165, 1.54) is 11.1 Å². The average molecular weight is 234 g/mol. The highest BCUT2D eigenvalue weighted by atomic mass is 15.1. The predicted molar refractivity (Wildman–Crippen MR) is 75.2 cm³/mol. The van der Waals surface area contributed by atoms with E-state index in [2.05, 4.69) is 62.3 Å². The molecule has 1 aromatic carbocycles. The van der Waals surface area contributed by atoms with Crippen molar-refractivity contribution in [1.29, 1.82) is 0 Å². The Kier molecular flexibility index (Phi) is 5.66. The molecule has 0 aromatic heterocycles. The summed E-state index contributed by atoms with van der Waals surface area (Å²) in [6.45, 7) is 8.83. The summed E-state index contributed by atoms with van der Waals surface area (Å²) in [6.07, 6.45) is 0. The number of nitrogens with zero attached hydrogens (tertiary/aromatic N) is 1. The molecular weight excluding hydrogens is 208 g/mol. The number of hydrogen-bond donors (Lipinski definition) is 1. The van der Waals surface area contributed by atoms with Gasteiger partial charge in [-0.15, -0.1) is 0 Å². The average Bonchev–Trinajstić information content (AvgIpc) is 2.28. The van der Waals surface area contributed by atoms with Crippen molar-refractivity contribution in [2.45, 2.75) is 33.4 Å². The summed E-state index contributed by atoms with van der Waals surface area (Å²) < 4.78 is 0. The fourth-order valence-corrected chi connectivity index (χ4v) is 2.11. The molecular formula is C15H26N2. The highest BCUT2D eigenvalue weighted by molar-refractivity contribution is 5.25. The summed E-state index contributed by atoms with van der Waals surface area (Å²) in [5.74, 6) is 0.666. The van der Waals surface area contributed by atoms with E-state index in [4.69, 9.17) is 0 Å². The van der Waals surface area contributed by atoms with Crippen molar-refractivity contribution in [2.24, 2.45) is 5.92 Å². The van der Waals surface area contributed by atoms with Gasteiger partial charge >= 0.3 is 0 Å². The van der Waals surface area contributed by atoms with Crippen LogP contribution in [0.5, 0.6) is 0 Å². The monoisotopic (exact) mass is 234 g/mol. The van der Waals surface area contributed by atoms with Crippen molar-refractivity contribution in [1.82, 2.24) is 10.2 Å². The zero-order valence-corrected chi connectivity index (χ0v) is 11.8. The van der Waals surface area contributed by atoms with Gasteiger partial charge in [0.15, 0.2) is 0 Å². The fraction of sp³-hybridized carbons (Fsp3) is 0.600. The lowest BCUT2D eigenvalue weighted by atomic mass is 10.0. The number of hydrogen-bond acceptors (Lipinski definition) is 2. The van der Waals surface area contributed by atoms with E-state index in [0.717, 1.165) is 13.1 Å². The van der Waals surface area contributed by atoms with Gasteiger partial charge in [0.25, 0.3) is 0 Å². The van der Waals surface area contributed by atoms with E-state index in [9.17, 15) is 0 Å². The zero-order valence-electron chi connectivity index (χ0n) is 11.8. The number of benzene rings is 1. The van der Waals surface area contributed by atoms with Crippen LogP contribution in [-0.2, 0) is 6.54 Å². The summed E-state index contributed by atoms with van der Waals surface area (Å²) in [7, 11) is 4.24. The van der Waals surface area contributed by atoms with Gasteiger partial charge in [-0.2, -0.15) is 0 Å². The maximum atomic E-state index is 3.39. The summed E-state index contributed by atoms with van der Waals surface area (Å²) >= 11 is 0. The van der Waals surface area contributed by atoms with Crippen LogP contribution in [0.15, 0.2) is 24.3 Å². The molecule has 0 saturated carbocycles. The van der Waals surface area contributed by atoms with E-state index in [1.807, 2.05) is 7.05 Å². The molecule has 1 N–H and O–H groups in total. The molecule has 0 fully saturated rings. The lowest BCUT2D eigenvalue weighted by Crippen LogP contribution is -2.41. The summed E-state index contributed by atoms with van der Waals surface area (Å²) in [5.41, 5.74) is 2.80. The third-order valence-corrected chi connectivity index (χ3v) is 3.39. The molecule has 0 spiro atoms. The van der Waals surface area contributed by atoms with Crippen LogP contribution >= 0.6 is 0 Å². The molecule has 0 bridgehead atoms. The minimum Gasteiger partial charge on any atom is -0.315 e. The molecule has 1 unspecified atom stereocenters. The van der Waals surface area contributed by atoms with Crippen molar-refractivity contribution >= 4 is 0 Å². The number of nitrogens with one attached hydrogen (secondary N) is 1. The largest absolute Gasteiger partial charge is 0.315 e. The molecule has 0 aliphatic heterocycles. The molecule has 0 amide bonds. The highest BCUT2D eigenvalue weighted by Gasteiger charge is 2.13. The van der Waals surface area contributed by atoms with Crippen LogP contribution in [0.2, 0.25) is 0 Å². The van der Waals surface area contributed by atoms with Gasteiger partial charge in [0.1, 0.15) is 0 Å². The highest BCUT2D eigenvalue weighted by Crippen LogP contribution is 2.11. The molecule has 1 aromatic rings. The standard InChI is InChI=1S/C15H26N2/c1-12(2)15(16-4)11-17(5)10-14-9-7-6-8-13(14)3/h6-9,12,15-16H,10-11H2,1-5H3. The van der Waals surface area contributed by atoms with Crippen LogP contribution in [-0.4, -0.2) is 31.6 Å². The molecule has 1 atom stereocenters. The molecule has 2 heteroatoms. The molecule has 1 rings (SSSR count). The van der Waals surface area contributed by atoms with Crippen molar-refractivity contribution in [3.05, 3.63) is 35.4 Å². The Labute approximate surface area is 106 Å². The van der Waals surface area contributed by atoms with E-state index in [1.54, 1.807) is 0 Å². The lowest BCUT2D eigenvalue weighted by molar-refractivity contribution is 0.256. The van der Waals surface area contributed by atoms with Crippen LogP contribution in [0, 0.1) is 12.8 Å².